The van der Waals surface area contributed by atoms with Crippen LogP contribution in [0.5, 0.6) is 0 Å². The molecule has 5 nitrogen and oxygen atoms in total. The first-order chi connectivity index (χ1) is 9.60. The Morgan fingerprint density at radius 2 is 1.95 bits per heavy atom. The maximum absolute atomic E-state index is 12.4. The molecule has 110 valence electrons. The Hall–Kier alpha value is -2.04. The second-order valence-corrected chi connectivity index (χ2v) is 4.62. The lowest BCUT2D eigenvalue weighted by Crippen LogP contribution is -2.31. The van der Waals surface area contributed by atoms with E-state index in [-0.39, 0.29) is 11.8 Å². The van der Waals surface area contributed by atoms with Gasteiger partial charge in [0.15, 0.2) is 0 Å². The van der Waals surface area contributed by atoms with Gasteiger partial charge in [-0.15, -0.1) is 0 Å². The fourth-order valence-corrected chi connectivity index (χ4v) is 1.78. The zero-order chi connectivity index (χ0) is 15.0. The minimum absolute atomic E-state index is 0.0676. The van der Waals surface area contributed by atoms with Gasteiger partial charge in [-0.2, -0.15) is 0 Å². The van der Waals surface area contributed by atoms with E-state index in [1.807, 2.05) is 18.2 Å². The smallest absolute Gasteiger partial charge is 0.255 e. The predicted octanol–water partition coefficient (Wildman–Crippen LogP) is 1.72. The lowest BCUT2D eigenvalue weighted by atomic mass is 10.1. The molecule has 5 heteroatoms. The van der Waals surface area contributed by atoms with Crippen molar-refractivity contribution in [2.45, 2.75) is 19.8 Å². The van der Waals surface area contributed by atoms with Gasteiger partial charge in [0.25, 0.3) is 5.91 Å². The number of rotatable bonds is 7. The molecule has 0 saturated heterocycles. The summed E-state index contributed by atoms with van der Waals surface area (Å²) in [6, 6.07) is 7.45. The van der Waals surface area contributed by atoms with Gasteiger partial charge >= 0.3 is 0 Å². The number of carbonyl (C=O) groups excluding carboxylic acids is 2. The van der Waals surface area contributed by atoms with Crippen LogP contribution in [0.4, 0.5) is 5.69 Å². The molecule has 0 atom stereocenters. The Labute approximate surface area is 120 Å². The molecule has 1 aromatic rings. The number of benzene rings is 1. The summed E-state index contributed by atoms with van der Waals surface area (Å²) >= 11 is 0. The Kier molecular flexibility index (Phi) is 6.56. The van der Waals surface area contributed by atoms with Crippen LogP contribution in [0, 0.1) is 0 Å². The Morgan fingerprint density at radius 1 is 1.25 bits per heavy atom. The molecule has 0 aliphatic heterocycles. The minimum atomic E-state index is -0.0758. The van der Waals surface area contributed by atoms with Gasteiger partial charge in [-0.05, 0) is 18.6 Å². The van der Waals surface area contributed by atoms with E-state index in [0.717, 1.165) is 18.7 Å². The SMILES string of the molecule is CCCNc1ccccc1C(=O)N(C)CCC(=O)NC. The van der Waals surface area contributed by atoms with Crippen molar-refractivity contribution < 1.29 is 9.59 Å². The molecule has 0 unspecified atom stereocenters. The Bertz CT molecular complexity index is 460. The molecule has 0 bridgehead atoms. The highest BCUT2D eigenvalue weighted by Crippen LogP contribution is 2.17. The van der Waals surface area contributed by atoms with Crippen molar-refractivity contribution in [3.05, 3.63) is 29.8 Å². The highest BCUT2D eigenvalue weighted by atomic mass is 16.2. The molecule has 0 aromatic heterocycles. The van der Waals surface area contributed by atoms with Crippen LogP contribution in [0.25, 0.3) is 0 Å². The standard InChI is InChI=1S/C15H23N3O2/c1-4-10-17-13-8-6-5-7-12(13)15(20)18(3)11-9-14(19)16-2/h5-8,17H,4,9-11H2,1-3H3,(H,16,19). The van der Waals surface area contributed by atoms with Gasteiger partial charge in [-0.1, -0.05) is 19.1 Å². The third kappa shape index (κ3) is 4.57. The molecule has 0 heterocycles. The molecule has 0 fully saturated rings. The van der Waals surface area contributed by atoms with Crippen LogP contribution in [-0.2, 0) is 4.79 Å². The van der Waals surface area contributed by atoms with E-state index >= 15 is 0 Å². The van der Waals surface area contributed by atoms with Crippen LogP contribution in [0.2, 0.25) is 0 Å². The second-order valence-electron chi connectivity index (χ2n) is 4.62. The summed E-state index contributed by atoms with van der Waals surface area (Å²) in [5.41, 5.74) is 1.48. The van der Waals surface area contributed by atoms with Gasteiger partial charge in [0.05, 0.1) is 5.56 Å². The number of amides is 2. The summed E-state index contributed by atoms with van der Waals surface area (Å²) in [4.78, 5) is 25.2. The third-order valence-electron chi connectivity index (χ3n) is 3.02. The van der Waals surface area contributed by atoms with Crippen LogP contribution in [0.15, 0.2) is 24.3 Å². The average Bonchev–Trinajstić information content (AvgIpc) is 2.49. The van der Waals surface area contributed by atoms with Gasteiger partial charge in [-0.25, -0.2) is 0 Å². The largest absolute Gasteiger partial charge is 0.384 e. The van der Waals surface area contributed by atoms with Gasteiger partial charge in [0.2, 0.25) is 5.91 Å². The number of nitrogens with one attached hydrogen (secondary N) is 2. The Morgan fingerprint density at radius 3 is 2.60 bits per heavy atom. The van der Waals surface area contributed by atoms with Crippen LogP contribution in [0.3, 0.4) is 0 Å². The van der Waals surface area contributed by atoms with E-state index in [1.165, 1.54) is 0 Å². The van der Waals surface area contributed by atoms with Crippen LogP contribution < -0.4 is 10.6 Å². The number of anilines is 1. The van der Waals surface area contributed by atoms with E-state index in [9.17, 15) is 9.59 Å². The van der Waals surface area contributed by atoms with E-state index in [4.69, 9.17) is 0 Å². The lowest BCUT2D eigenvalue weighted by molar-refractivity contribution is -0.120. The zero-order valence-electron chi connectivity index (χ0n) is 12.4. The second kappa shape index (κ2) is 8.19. The molecule has 0 saturated carbocycles. The highest BCUT2D eigenvalue weighted by Gasteiger charge is 2.15. The Balaban J connectivity index is 2.72. The monoisotopic (exact) mass is 277 g/mol. The van der Waals surface area contributed by atoms with Crippen LogP contribution in [0.1, 0.15) is 30.1 Å². The van der Waals surface area contributed by atoms with E-state index < -0.39 is 0 Å². The van der Waals surface area contributed by atoms with Gasteiger partial charge in [0, 0.05) is 39.3 Å². The summed E-state index contributed by atoms with van der Waals surface area (Å²) in [5, 5.41) is 5.80. The van der Waals surface area contributed by atoms with E-state index in [2.05, 4.69) is 17.6 Å². The van der Waals surface area contributed by atoms with Gasteiger partial charge < -0.3 is 15.5 Å². The summed E-state index contributed by atoms with van der Waals surface area (Å²) in [7, 11) is 3.30. The first-order valence-corrected chi connectivity index (χ1v) is 6.89. The summed E-state index contributed by atoms with van der Waals surface area (Å²) in [5.74, 6) is -0.143. The van der Waals surface area contributed by atoms with E-state index in [1.54, 1.807) is 25.1 Å². The average molecular weight is 277 g/mol. The molecule has 1 aromatic carbocycles. The summed E-state index contributed by atoms with van der Waals surface area (Å²) in [6.07, 6.45) is 1.30. The van der Waals surface area contributed by atoms with Crippen LogP contribution in [-0.4, -0.2) is 43.9 Å². The van der Waals surface area contributed by atoms with Gasteiger partial charge in [0.1, 0.15) is 0 Å². The zero-order valence-corrected chi connectivity index (χ0v) is 12.4. The van der Waals surface area contributed by atoms with Crippen molar-refractivity contribution in [3.63, 3.8) is 0 Å². The molecular formula is C15H23N3O2. The number of hydrogen-bond donors (Lipinski definition) is 2. The molecule has 0 aliphatic rings. The number of carbonyl (C=O) groups is 2. The quantitative estimate of drug-likeness (QED) is 0.797. The number of nitrogens with zero attached hydrogens (tertiary/aromatic N) is 1. The minimum Gasteiger partial charge on any atom is -0.384 e. The molecule has 2 N–H and O–H groups in total. The molecule has 0 radical (unpaired) electrons. The molecule has 0 spiro atoms. The predicted molar refractivity (Wildman–Crippen MR) is 80.9 cm³/mol. The van der Waals surface area contributed by atoms with Crippen molar-refractivity contribution in [1.82, 2.24) is 10.2 Å². The maximum atomic E-state index is 12.4. The van der Waals surface area contributed by atoms with Crippen LogP contribution >= 0.6 is 0 Å². The van der Waals surface area contributed by atoms with Gasteiger partial charge in [-0.3, -0.25) is 9.59 Å². The van der Waals surface area contributed by atoms with Crippen molar-refractivity contribution in [2.75, 3.05) is 32.5 Å². The summed E-state index contributed by atoms with van der Waals surface area (Å²) < 4.78 is 0. The molecule has 1 rings (SSSR count). The number of hydrogen-bond acceptors (Lipinski definition) is 3. The molecular weight excluding hydrogens is 254 g/mol. The van der Waals surface area contributed by atoms with E-state index in [0.29, 0.717) is 18.5 Å². The first kappa shape index (κ1) is 16.0. The molecule has 0 aliphatic carbocycles. The topological polar surface area (TPSA) is 61.4 Å². The molecule has 20 heavy (non-hydrogen) atoms. The summed E-state index contributed by atoms with van der Waals surface area (Å²) in [6.45, 7) is 3.31. The highest BCUT2D eigenvalue weighted by molar-refractivity contribution is 5.99. The maximum Gasteiger partial charge on any atom is 0.255 e. The van der Waals surface area contributed by atoms with Crippen molar-refractivity contribution in [3.8, 4) is 0 Å². The normalized spacial score (nSPS) is 9.95. The lowest BCUT2D eigenvalue weighted by Gasteiger charge is -2.19. The molecule has 2 amide bonds. The third-order valence-corrected chi connectivity index (χ3v) is 3.02. The first-order valence-electron chi connectivity index (χ1n) is 6.89. The number of para-hydroxylation sites is 1. The van der Waals surface area contributed by atoms with Crippen molar-refractivity contribution in [2.24, 2.45) is 0 Å². The van der Waals surface area contributed by atoms with Crippen molar-refractivity contribution >= 4 is 17.5 Å². The van der Waals surface area contributed by atoms with Crippen molar-refractivity contribution in [1.29, 1.82) is 0 Å². The fourth-order valence-electron chi connectivity index (χ4n) is 1.78. The fraction of sp³-hybridized carbons (Fsp3) is 0.467.